The molecule has 0 nitrogen and oxygen atoms in total. The molecule has 0 spiro atoms. The molecule has 2 aromatic carbocycles. The summed E-state index contributed by atoms with van der Waals surface area (Å²) in [6.45, 7) is 8.96. The van der Waals surface area contributed by atoms with Gasteiger partial charge in [-0.15, -0.1) is 0 Å². The largest absolute Gasteiger partial charge is 0.0786 e. The van der Waals surface area contributed by atoms with E-state index in [-0.39, 0.29) is 10.2 Å². The smallest absolute Gasteiger partial charge is 0.0645 e. The topological polar surface area (TPSA) is 0 Å². The normalized spacial score (nSPS) is 13.2. The minimum absolute atomic E-state index is 0.229. The quantitative estimate of drug-likeness (QED) is 0.480. The lowest BCUT2D eigenvalue weighted by Gasteiger charge is -2.24. The van der Waals surface area contributed by atoms with Crippen LogP contribution < -0.4 is 0 Å². The van der Waals surface area contributed by atoms with Crippen molar-refractivity contribution < 1.29 is 0 Å². The Kier molecular flexibility index (Phi) is 5.32. The number of halogens is 2. The first-order valence-corrected chi connectivity index (χ1v) is 9.06. The standard InChI is InChI=1S/C19H22Br2/c1-5-19(3,4)16-8-6-14(7-9-16)18(21)15-10-13(2)11-17(20)12-15/h6-12,18H,5H2,1-4H3. The second-order valence-electron chi connectivity index (χ2n) is 6.28. The highest BCUT2D eigenvalue weighted by Gasteiger charge is 2.18. The van der Waals surface area contributed by atoms with Gasteiger partial charge in [0.1, 0.15) is 0 Å². The molecule has 0 aliphatic carbocycles. The number of alkyl halides is 1. The summed E-state index contributed by atoms with van der Waals surface area (Å²) in [4.78, 5) is 0.229. The molecule has 0 radical (unpaired) electrons. The van der Waals surface area contributed by atoms with Gasteiger partial charge in [0.25, 0.3) is 0 Å². The van der Waals surface area contributed by atoms with E-state index < -0.39 is 0 Å². The molecule has 0 fully saturated rings. The lowest BCUT2D eigenvalue weighted by atomic mass is 9.82. The molecule has 0 bridgehead atoms. The van der Waals surface area contributed by atoms with Crippen LogP contribution in [0.5, 0.6) is 0 Å². The van der Waals surface area contributed by atoms with Gasteiger partial charge in [-0.05, 0) is 53.1 Å². The van der Waals surface area contributed by atoms with E-state index in [1.54, 1.807) is 0 Å². The van der Waals surface area contributed by atoms with Gasteiger partial charge in [-0.1, -0.05) is 83.0 Å². The maximum absolute atomic E-state index is 3.83. The minimum atomic E-state index is 0.229. The van der Waals surface area contributed by atoms with Gasteiger partial charge in [0.2, 0.25) is 0 Å². The van der Waals surface area contributed by atoms with Crippen molar-refractivity contribution in [3.63, 3.8) is 0 Å². The molecule has 112 valence electrons. The number of hydrogen-bond donors (Lipinski definition) is 0. The summed E-state index contributed by atoms with van der Waals surface area (Å²) in [5, 5.41) is 0. The Labute approximate surface area is 145 Å². The van der Waals surface area contributed by atoms with Gasteiger partial charge in [0.05, 0.1) is 4.83 Å². The van der Waals surface area contributed by atoms with Crippen LogP contribution in [0.1, 0.15) is 54.3 Å². The molecule has 21 heavy (non-hydrogen) atoms. The highest BCUT2D eigenvalue weighted by molar-refractivity contribution is 9.10. The van der Waals surface area contributed by atoms with Crippen molar-refractivity contribution in [2.45, 2.75) is 44.4 Å². The molecule has 2 heteroatoms. The van der Waals surface area contributed by atoms with Gasteiger partial charge < -0.3 is 0 Å². The number of hydrogen-bond acceptors (Lipinski definition) is 0. The Morgan fingerprint density at radius 1 is 1.00 bits per heavy atom. The molecule has 0 aliphatic heterocycles. The van der Waals surface area contributed by atoms with Crippen LogP contribution in [0.15, 0.2) is 46.9 Å². The first-order valence-electron chi connectivity index (χ1n) is 7.35. The fourth-order valence-electron chi connectivity index (χ4n) is 2.41. The molecule has 1 unspecified atom stereocenters. The van der Waals surface area contributed by atoms with Crippen LogP contribution in [0.25, 0.3) is 0 Å². The molecule has 0 amide bonds. The second kappa shape index (κ2) is 6.66. The number of aryl methyl sites for hydroxylation is 1. The number of benzene rings is 2. The Hall–Kier alpha value is -0.600. The van der Waals surface area contributed by atoms with Gasteiger partial charge in [0.15, 0.2) is 0 Å². The SMILES string of the molecule is CCC(C)(C)c1ccc(C(Br)c2cc(C)cc(Br)c2)cc1. The second-order valence-corrected chi connectivity index (χ2v) is 8.12. The van der Waals surface area contributed by atoms with E-state index in [1.807, 2.05) is 0 Å². The Bertz CT molecular complexity index is 592. The summed E-state index contributed by atoms with van der Waals surface area (Å²) in [6.07, 6.45) is 1.15. The van der Waals surface area contributed by atoms with Gasteiger partial charge in [-0.3, -0.25) is 0 Å². The molecule has 0 saturated heterocycles. The highest BCUT2D eigenvalue weighted by Crippen LogP contribution is 2.34. The zero-order chi connectivity index (χ0) is 15.6. The van der Waals surface area contributed by atoms with Crippen molar-refractivity contribution in [2.24, 2.45) is 0 Å². The molecule has 1 atom stereocenters. The van der Waals surface area contributed by atoms with Crippen molar-refractivity contribution in [1.29, 1.82) is 0 Å². The van der Waals surface area contributed by atoms with E-state index in [9.17, 15) is 0 Å². The first-order chi connectivity index (χ1) is 9.83. The zero-order valence-corrected chi connectivity index (χ0v) is 16.3. The van der Waals surface area contributed by atoms with Gasteiger partial charge >= 0.3 is 0 Å². The molecule has 2 rings (SSSR count). The number of rotatable bonds is 4. The summed E-state index contributed by atoms with van der Waals surface area (Å²) in [5.74, 6) is 0. The van der Waals surface area contributed by atoms with Crippen molar-refractivity contribution in [3.05, 3.63) is 69.2 Å². The summed E-state index contributed by atoms with van der Waals surface area (Å²) in [7, 11) is 0. The van der Waals surface area contributed by atoms with Crippen LogP contribution in [-0.4, -0.2) is 0 Å². The zero-order valence-electron chi connectivity index (χ0n) is 13.1. The van der Waals surface area contributed by atoms with E-state index in [0.29, 0.717) is 0 Å². The summed E-state index contributed by atoms with van der Waals surface area (Å²) >= 11 is 7.41. The summed E-state index contributed by atoms with van der Waals surface area (Å²) in [5.41, 5.74) is 5.49. The Morgan fingerprint density at radius 2 is 1.62 bits per heavy atom. The molecule has 0 aromatic heterocycles. The van der Waals surface area contributed by atoms with E-state index >= 15 is 0 Å². The van der Waals surface area contributed by atoms with Crippen LogP contribution in [0.3, 0.4) is 0 Å². The predicted octanol–water partition coefficient (Wildman–Crippen LogP) is 6.93. The van der Waals surface area contributed by atoms with Crippen LogP contribution in [0.4, 0.5) is 0 Å². The van der Waals surface area contributed by atoms with E-state index in [2.05, 4.69) is 102 Å². The van der Waals surface area contributed by atoms with Crippen LogP contribution in [-0.2, 0) is 5.41 Å². The fourth-order valence-corrected chi connectivity index (χ4v) is 3.61. The van der Waals surface area contributed by atoms with Gasteiger partial charge in [0, 0.05) is 4.47 Å². The third kappa shape index (κ3) is 3.98. The Balaban J connectivity index is 2.30. The molecule has 0 saturated carbocycles. The van der Waals surface area contributed by atoms with E-state index in [4.69, 9.17) is 0 Å². The van der Waals surface area contributed by atoms with E-state index in [1.165, 1.54) is 22.3 Å². The Morgan fingerprint density at radius 3 is 2.14 bits per heavy atom. The molecule has 2 aromatic rings. The first kappa shape index (κ1) is 16.8. The van der Waals surface area contributed by atoms with Crippen LogP contribution in [0.2, 0.25) is 0 Å². The fraction of sp³-hybridized carbons (Fsp3) is 0.368. The molecule has 0 heterocycles. The lowest BCUT2D eigenvalue weighted by Crippen LogP contribution is -2.15. The highest BCUT2D eigenvalue weighted by atomic mass is 79.9. The van der Waals surface area contributed by atoms with Crippen molar-refractivity contribution >= 4 is 31.9 Å². The molecule has 0 N–H and O–H groups in total. The van der Waals surface area contributed by atoms with Crippen LogP contribution >= 0.6 is 31.9 Å². The maximum Gasteiger partial charge on any atom is 0.0645 e. The minimum Gasteiger partial charge on any atom is -0.0786 e. The molecule has 0 aliphatic rings. The molecular weight excluding hydrogens is 388 g/mol. The monoisotopic (exact) mass is 408 g/mol. The molecular formula is C19H22Br2. The van der Waals surface area contributed by atoms with Gasteiger partial charge in [-0.25, -0.2) is 0 Å². The third-order valence-electron chi connectivity index (χ3n) is 4.23. The lowest BCUT2D eigenvalue weighted by molar-refractivity contribution is 0.506. The van der Waals surface area contributed by atoms with Crippen molar-refractivity contribution in [2.75, 3.05) is 0 Å². The average Bonchev–Trinajstić information content (AvgIpc) is 2.45. The van der Waals surface area contributed by atoms with E-state index in [0.717, 1.165) is 10.9 Å². The summed E-state index contributed by atoms with van der Waals surface area (Å²) in [6, 6.07) is 15.5. The third-order valence-corrected chi connectivity index (χ3v) is 5.74. The predicted molar refractivity (Wildman–Crippen MR) is 99.4 cm³/mol. The average molecular weight is 410 g/mol. The van der Waals surface area contributed by atoms with Crippen LogP contribution in [0, 0.1) is 6.92 Å². The van der Waals surface area contributed by atoms with Crippen molar-refractivity contribution in [1.82, 2.24) is 0 Å². The van der Waals surface area contributed by atoms with Gasteiger partial charge in [-0.2, -0.15) is 0 Å². The van der Waals surface area contributed by atoms with Crippen molar-refractivity contribution in [3.8, 4) is 0 Å². The maximum atomic E-state index is 3.83. The summed E-state index contributed by atoms with van der Waals surface area (Å²) < 4.78 is 1.13.